The van der Waals surface area contributed by atoms with Crippen molar-refractivity contribution in [1.29, 1.82) is 0 Å². The van der Waals surface area contributed by atoms with Crippen LogP contribution in [0.1, 0.15) is 29.7 Å². The van der Waals surface area contributed by atoms with E-state index >= 15 is 0 Å². The molecule has 0 N–H and O–H groups in total. The summed E-state index contributed by atoms with van der Waals surface area (Å²) in [7, 11) is 3.48. The fraction of sp³-hybridized carbons (Fsp3) is 0.647. The monoisotopic (exact) mass is 336 g/mol. The molecule has 1 aromatic rings. The predicted molar refractivity (Wildman–Crippen MR) is 82.5 cm³/mol. The average molecular weight is 337 g/mol. The Morgan fingerprint density at radius 2 is 1.80 bits per heavy atom. The number of alkyl halides is 1. The number of fused-ring (bicyclic) bond motifs is 5. The van der Waals surface area contributed by atoms with Gasteiger partial charge < -0.3 is 9.47 Å². The third kappa shape index (κ3) is 1.75. The second-order valence-corrected chi connectivity index (χ2v) is 7.56. The lowest BCUT2D eigenvalue weighted by atomic mass is 9.96. The van der Waals surface area contributed by atoms with E-state index < -0.39 is 0 Å². The molecular weight excluding hydrogens is 316 g/mol. The molecule has 3 fully saturated rings. The largest absolute Gasteiger partial charge is 0.497 e. The van der Waals surface area contributed by atoms with Crippen molar-refractivity contribution in [3.8, 4) is 11.5 Å². The molecule has 1 aromatic carbocycles. The number of rotatable bonds is 4. The van der Waals surface area contributed by atoms with E-state index in [9.17, 15) is 0 Å². The van der Waals surface area contributed by atoms with Gasteiger partial charge in [0, 0.05) is 10.4 Å². The first-order chi connectivity index (χ1) is 9.74. The minimum Gasteiger partial charge on any atom is -0.497 e. The second-order valence-electron chi connectivity index (χ2n) is 6.57. The van der Waals surface area contributed by atoms with Crippen LogP contribution in [-0.4, -0.2) is 14.2 Å². The number of hydrogen-bond donors (Lipinski definition) is 0. The van der Waals surface area contributed by atoms with E-state index in [0.717, 1.165) is 41.1 Å². The molecule has 0 heterocycles. The van der Waals surface area contributed by atoms with E-state index in [1.165, 1.54) is 24.8 Å². The first-order valence-corrected chi connectivity index (χ1v) is 8.52. The summed E-state index contributed by atoms with van der Waals surface area (Å²) in [5, 5.41) is 0. The van der Waals surface area contributed by atoms with Gasteiger partial charge in [-0.05, 0) is 67.1 Å². The molecule has 3 heteroatoms. The normalized spacial score (nSPS) is 38.5. The number of benzene rings is 1. The van der Waals surface area contributed by atoms with Crippen LogP contribution < -0.4 is 9.47 Å². The predicted octanol–water partition coefficient (Wildman–Crippen LogP) is 4.43. The number of ether oxygens (including phenoxy) is 2. The van der Waals surface area contributed by atoms with E-state index in [2.05, 4.69) is 22.0 Å². The summed E-state index contributed by atoms with van der Waals surface area (Å²) < 4.78 is 10.9. The van der Waals surface area contributed by atoms with Crippen LogP contribution >= 0.6 is 15.9 Å². The van der Waals surface area contributed by atoms with Gasteiger partial charge in [-0.2, -0.15) is 0 Å². The summed E-state index contributed by atoms with van der Waals surface area (Å²) in [6, 6.07) is 6.13. The maximum absolute atomic E-state index is 5.55. The zero-order valence-corrected chi connectivity index (χ0v) is 13.6. The molecular formula is C17H21BrO2. The molecule has 2 bridgehead atoms. The third-order valence-corrected chi connectivity index (χ3v) is 6.97. The Morgan fingerprint density at radius 3 is 2.40 bits per heavy atom. The number of hydrogen-bond acceptors (Lipinski definition) is 2. The van der Waals surface area contributed by atoms with Crippen LogP contribution in [0.25, 0.3) is 0 Å². The Labute approximate surface area is 129 Å². The van der Waals surface area contributed by atoms with Crippen LogP contribution in [0.4, 0.5) is 0 Å². The first-order valence-electron chi connectivity index (χ1n) is 7.60. The van der Waals surface area contributed by atoms with Crippen LogP contribution in [0.3, 0.4) is 0 Å². The molecule has 3 aliphatic carbocycles. The van der Waals surface area contributed by atoms with Crippen molar-refractivity contribution in [2.45, 2.75) is 24.1 Å². The number of halogens is 1. The van der Waals surface area contributed by atoms with Gasteiger partial charge in [-0.25, -0.2) is 0 Å². The summed E-state index contributed by atoms with van der Waals surface area (Å²) in [6.07, 6.45) is 4.44. The van der Waals surface area contributed by atoms with Gasteiger partial charge in [0.25, 0.3) is 0 Å². The standard InChI is InChI=1S/C17H21BrO2/c1-19-11-5-6-13(20-2)12(8-11)17(18)16-14-9-3-4-10(7-9)15(14)16/h5-6,8-10,14-17H,3-4,7H2,1-2H3. The van der Waals surface area contributed by atoms with Crippen LogP contribution in [0.2, 0.25) is 0 Å². The lowest BCUT2D eigenvalue weighted by Gasteiger charge is -2.18. The highest BCUT2D eigenvalue weighted by atomic mass is 79.9. The average Bonchev–Trinajstić information content (AvgIpc) is 2.93. The van der Waals surface area contributed by atoms with E-state index in [-0.39, 0.29) is 0 Å². The smallest absolute Gasteiger partial charge is 0.123 e. The molecule has 3 saturated carbocycles. The van der Waals surface area contributed by atoms with Crippen molar-refractivity contribution in [2.75, 3.05) is 14.2 Å². The van der Waals surface area contributed by atoms with Gasteiger partial charge in [-0.15, -0.1) is 0 Å². The summed E-state index contributed by atoms with van der Waals surface area (Å²) >= 11 is 3.97. The lowest BCUT2D eigenvalue weighted by molar-refractivity contribution is 0.393. The Morgan fingerprint density at radius 1 is 1.10 bits per heavy atom. The Balaban J connectivity index is 1.61. The summed E-state index contributed by atoms with van der Waals surface area (Å²) in [5.41, 5.74) is 1.26. The van der Waals surface area contributed by atoms with Gasteiger partial charge in [0.15, 0.2) is 0 Å². The Hall–Kier alpha value is -0.700. The van der Waals surface area contributed by atoms with Gasteiger partial charge in [-0.1, -0.05) is 15.9 Å². The molecule has 0 aromatic heterocycles. The van der Waals surface area contributed by atoms with E-state index in [1.807, 2.05) is 12.1 Å². The topological polar surface area (TPSA) is 18.5 Å². The summed E-state index contributed by atoms with van der Waals surface area (Å²) in [5.74, 6) is 6.65. The maximum atomic E-state index is 5.55. The van der Waals surface area contributed by atoms with Crippen molar-refractivity contribution >= 4 is 15.9 Å². The van der Waals surface area contributed by atoms with Crippen LogP contribution in [0.15, 0.2) is 18.2 Å². The molecule has 4 rings (SSSR count). The second kappa shape index (κ2) is 4.66. The molecule has 5 unspecified atom stereocenters. The van der Waals surface area contributed by atoms with Crippen LogP contribution in [0.5, 0.6) is 11.5 Å². The first kappa shape index (κ1) is 13.0. The van der Waals surface area contributed by atoms with Gasteiger partial charge >= 0.3 is 0 Å². The lowest BCUT2D eigenvalue weighted by Crippen LogP contribution is -2.05. The van der Waals surface area contributed by atoms with Gasteiger partial charge in [-0.3, -0.25) is 0 Å². The Bertz CT molecular complexity index is 514. The van der Waals surface area contributed by atoms with E-state index in [1.54, 1.807) is 14.2 Å². The zero-order valence-electron chi connectivity index (χ0n) is 12.0. The van der Waals surface area contributed by atoms with Crippen molar-refractivity contribution in [3.05, 3.63) is 23.8 Å². The molecule has 5 atom stereocenters. The van der Waals surface area contributed by atoms with Crippen LogP contribution in [-0.2, 0) is 0 Å². The van der Waals surface area contributed by atoms with Crippen molar-refractivity contribution < 1.29 is 9.47 Å². The minimum absolute atomic E-state index is 0.408. The van der Waals surface area contributed by atoms with Crippen molar-refractivity contribution in [3.63, 3.8) is 0 Å². The molecule has 0 radical (unpaired) electrons. The molecule has 108 valence electrons. The Kier molecular flexibility index (Phi) is 3.03. The van der Waals surface area contributed by atoms with Gasteiger partial charge in [0.1, 0.15) is 11.5 Å². The molecule has 2 nitrogen and oxygen atoms in total. The molecule has 0 amide bonds. The van der Waals surface area contributed by atoms with E-state index in [4.69, 9.17) is 9.47 Å². The summed E-state index contributed by atoms with van der Waals surface area (Å²) in [6.45, 7) is 0. The number of methoxy groups -OCH3 is 2. The molecule has 0 saturated heterocycles. The molecule has 0 spiro atoms. The van der Waals surface area contributed by atoms with Crippen molar-refractivity contribution in [1.82, 2.24) is 0 Å². The zero-order chi connectivity index (χ0) is 13.9. The highest BCUT2D eigenvalue weighted by Crippen LogP contribution is 2.73. The minimum atomic E-state index is 0.408. The maximum Gasteiger partial charge on any atom is 0.123 e. The fourth-order valence-corrected chi connectivity index (χ4v) is 6.11. The highest BCUT2D eigenvalue weighted by Gasteiger charge is 2.66. The SMILES string of the molecule is COc1ccc(OC)c(C(Br)C2C3C4CCC(C4)C32)c1. The van der Waals surface area contributed by atoms with E-state index in [0.29, 0.717) is 4.83 Å². The summed E-state index contributed by atoms with van der Waals surface area (Å²) in [4.78, 5) is 0.408. The molecule has 20 heavy (non-hydrogen) atoms. The third-order valence-electron chi connectivity index (χ3n) is 5.87. The molecule has 3 aliphatic rings. The van der Waals surface area contributed by atoms with Crippen LogP contribution in [0, 0.1) is 29.6 Å². The highest BCUT2D eigenvalue weighted by molar-refractivity contribution is 9.09. The molecule has 0 aliphatic heterocycles. The van der Waals surface area contributed by atoms with Gasteiger partial charge in [0.2, 0.25) is 0 Å². The quantitative estimate of drug-likeness (QED) is 0.757. The van der Waals surface area contributed by atoms with Gasteiger partial charge in [0.05, 0.1) is 14.2 Å². The van der Waals surface area contributed by atoms with Crippen molar-refractivity contribution in [2.24, 2.45) is 29.6 Å². The fourth-order valence-electron chi connectivity index (χ4n) is 5.05.